The highest BCUT2D eigenvalue weighted by molar-refractivity contribution is 5.95. The Balaban J connectivity index is 1.89. The van der Waals surface area contributed by atoms with Crippen LogP contribution in [0, 0.1) is 13.8 Å². The molecule has 124 valence electrons. The highest BCUT2D eigenvalue weighted by atomic mass is 16.5. The highest BCUT2D eigenvalue weighted by Gasteiger charge is 2.34. The van der Waals surface area contributed by atoms with Gasteiger partial charge in [0.05, 0.1) is 18.8 Å². The molecule has 7 heteroatoms. The van der Waals surface area contributed by atoms with Crippen LogP contribution in [0.15, 0.2) is 14.9 Å². The minimum atomic E-state index is -0.370. The largest absolute Gasteiger partial charge is 0.466 e. The molecule has 0 bridgehead atoms. The Morgan fingerprint density at radius 3 is 2.70 bits per heavy atom. The SMILES string of the molecule is Cc1cc(C(=O)N2CCOCC2c2nnc(C(C)C)o2)c(C)o1. The van der Waals surface area contributed by atoms with E-state index in [1.807, 2.05) is 20.8 Å². The molecular formula is C16H21N3O4. The molecule has 1 unspecified atom stereocenters. The normalized spacial score (nSPS) is 18.7. The van der Waals surface area contributed by atoms with Gasteiger partial charge in [-0.05, 0) is 19.9 Å². The molecule has 3 heterocycles. The zero-order chi connectivity index (χ0) is 16.6. The van der Waals surface area contributed by atoms with Crippen LogP contribution in [0.5, 0.6) is 0 Å². The second kappa shape index (κ2) is 6.16. The summed E-state index contributed by atoms with van der Waals surface area (Å²) in [5.41, 5.74) is 0.568. The average Bonchev–Trinajstić information content (AvgIpc) is 3.13. The summed E-state index contributed by atoms with van der Waals surface area (Å²) in [6, 6.07) is 1.39. The summed E-state index contributed by atoms with van der Waals surface area (Å²) in [6.07, 6.45) is 0. The summed E-state index contributed by atoms with van der Waals surface area (Å²) in [4.78, 5) is 14.6. The van der Waals surface area contributed by atoms with Crippen LogP contribution in [-0.2, 0) is 4.74 Å². The topological polar surface area (TPSA) is 81.6 Å². The average molecular weight is 319 g/mol. The maximum absolute atomic E-state index is 12.9. The number of furan rings is 1. The lowest BCUT2D eigenvalue weighted by molar-refractivity contribution is -0.0108. The molecule has 23 heavy (non-hydrogen) atoms. The molecule has 2 aromatic heterocycles. The van der Waals surface area contributed by atoms with Crippen LogP contribution < -0.4 is 0 Å². The number of nitrogens with zero attached hydrogens (tertiary/aromatic N) is 3. The summed E-state index contributed by atoms with van der Waals surface area (Å²) in [5, 5.41) is 8.15. The molecule has 3 rings (SSSR count). The molecule has 0 N–H and O–H groups in total. The number of aryl methyl sites for hydroxylation is 2. The minimum Gasteiger partial charge on any atom is -0.466 e. The zero-order valence-electron chi connectivity index (χ0n) is 13.8. The van der Waals surface area contributed by atoms with Crippen LogP contribution in [0.3, 0.4) is 0 Å². The molecule has 0 spiro atoms. The second-order valence-corrected chi connectivity index (χ2v) is 6.05. The third-order valence-electron chi connectivity index (χ3n) is 3.90. The molecular weight excluding hydrogens is 298 g/mol. The lowest BCUT2D eigenvalue weighted by Gasteiger charge is -2.33. The van der Waals surface area contributed by atoms with Crippen molar-refractivity contribution in [3.63, 3.8) is 0 Å². The van der Waals surface area contributed by atoms with Crippen LogP contribution in [-0.4, -0.2) is 40.8 Å². The molecule has 2 aromatic rings. The third-order valence-corrected chi connectivity index (χ3v) is 3.90. The lowest BCUT2D eigenvalue weighted by Crippen LogP contribution is -2.43. The zero-order valence-corrected chi connectivity index (χ0v) is 13.8. The van der Waals surface area contributed by atoms with Crippen molar-refractivity contribution in [1.29, 1.82) is 0 Å². The third kappa shape index (κ3) is 3.01. The monoisotopic (exact) mass is 319 g/mol. The lowest BCUT2D eigenvalue weighted by atomic mass is 10.1. The van der Waals surface area contributed by atoms with Crippen molar-refractivity contribution < 1.29 is 18.4 Å². The van der Waals surface area contributed by atoms with Crippen molar-refractivity contribution in [3.8, 4) is 0 Å². The van der Waals surface area contributed by atoms with Gasteiger partial charge in [-0.3, -0.25) is 4.79 Å². The van der Waals surface area contributed by atoms with E-state index < -0.39 is 0 Å². The van der Waals surface area contributed by atoms with Crippen molar-refractivity contribution in [3.05, 3.63) is 34.9 Å². The quantitative estimate of drug-likeness (QED) is 0.865. The minimum absolute atomic E-state index is 0.100. The van der Waals surface area contributed by atoms with Gasteiger partial charge in [-0.25, -0.2) is 0 Å². The van der Waals surface area contributed by atoms with E-state index >= 15 is 0 Å². The number of carbonyl (C=O) groups excluding carboxylic acids is 1. The van der Waals surface area contributed by atoms with Crippen LogP contribution in [0.25, 0.3) is 0 Å². The molecule has 0 aliphatic carbocycles. The van der Waals surface area contributed by atoms with Crippen LogP contribution >= 0.6 is 0 Å². The number of carbonyl (C=O) groups is 1. The maximum atomic E-state index is 12.9. The smallest absolute Gasteiger partial charge is 0.258 e. The Hall–Kier alpha value is -2.15. The first-order valence-electron chi connectivity index (χ1n) is 7.76. The van der Waals surface area contributed by atoms with E-state index in [9.17, 15) is 4.79 Å². The van der Waals surface area contributed by atoms with Crippen LogP contribution in [0.4, 0.5) is 0 Å². The Kier molecular flexibility index (Phi) is 4.21. The first-order chi connectivity index (χ1) is 11.0. The summed E-state index contributed by atoms with van der Waals surface area (Å²) >= 11 is 0. The molecule has 1 saturated heterocycles. The first-order valence-corrected chi connectivity index (χ1v) is 7.76. The number of hydrogen-bond acceptors (Lipinski definition) is 6. The Morgan fingerprint density at radius 1 is 1.30 bits per heavy atom. The molecule has 0 saturated carbocycles. The van der Waals surface area contributed by atoms with Gasteiger partial charge in [-0.2, -0.15) is 0 Å². The molecule has 7 nitrogen and oxygen atoms in total. The maximum Gasteiger partial charge on any atom is 0.258 e. The van der Waals surface area contributed by atoms with E-state index in [-0.39, 0.29) is 17.9 Å². The van der Waals surface area contributed by atoms with Gasteiger partial charge in [-0.15, -0.1) is 10.2 Å². The molecule has 0 radical (unpaired) electrons. The Morgan fingerprint density at radius 2 is 2.09 bits per heavy atom. The van der Waals surface area contributed by atoms with Crippen LogP contribution in [0.2, 0.25) is 0 Å². The predicted molar refractivity (Wildman–Crippen MR) is 81.2 cm³/mol. The number of hydrogen-bond donors (Lipinski definition) is 0. The van der Waals surface area contributed by atoms with Gasteiger partial charge in [0.25, 0.3) is 5.91 Å². The van der Waals surface area contributed by atoms with Crippen molar-refractivity contribution in [2.24, 2.45) is 0 Å². The second-order valence-electron chi connectivity index (χ2n) is 6.05. The fourth-order valence-electron chi connectivity index (χ4n) is 2.66. The van der Waals surface area contributed by atoms with Gasteiger partial charge in [0.1, 0.15) is 17.6 Å². The molecule has 0 aromatic carbocycles. The summed E-state index contributed by atoms with van der Waals surface area (Å²) in [7, 11) is 0. The van der Waals surface area contributed by atoms with E-state index in [1.165, 1.54) is 0 Å². The van der Waals surface area contributed by atoms with Gasteiger partial charge >= 0.3 is 0 Å². The van der Waals surface area contributed by atoms with Crippen molar-refractivity contribution in [2.75, 3.05) is 19.8 Å². The summed E-state index contributed by atoms with van der Waals surface area (Å²) in [5.74, 6) is 2.36. The van der Waals surface area contributed by atoms with Crippen molar-refractivity contribution in [1.82, 2.24) is 15.1 Å². The van der Waals surface area contributed by atoms with Gasteiger partial charge in [0, 0.05) is 12.5 Å². The van der Waals surface area contributed by atoms with Gasteiger partial charge in [-0.1, -0.05) is 13.8 Å². The van der Waals surface area contributed by atoms with E-state index in [4.69, 9.17) is 13.6 Å². The number of morpholine rings is 1. The standard InChI is InChI=1S/C16H21N3O4/c1-9(2)14-17-18-15(23-14)13-8-21-6-5-19(13)16(20)12-7-10(3)22-11(12)4/h7,9,13H,5-6,8H2,1-4H3. The van der Waals surface area contributed by atoms with E-state index in [0.29, 0.717) is 42.9 Å². The van der Waals surface area contributed by atoms with E-state index in [1.54, 1.807) is 17.9 Å². The highest BCUT2D eigenvalue weighted by Crippen LogP contribution is 2.28. The molecule has 1 atom stereocenters. The van der Waals surface area contributed by atoms with E-state index in [0.717, 1.165) is 5.76 Å². The van der Waals surface area contributed by atoms with Gasteiger partial charge in [0.2, 0.25) is 11.8 Å². The fourth-order valence-corrected chi connectivity index (χ4v) is 2.66. The molecule has 1 aliphatic heterocycles. The number of amides is 1. The number of ether oxygens (including phenoxy) is 1. The molecule has 1 fully saturated rings. The summed E-state index contributed by atoms with van der Waals surface area (Å²) in [6.45, 7) is 8.90. The number of aromatic nitrogens is 2. The molecule has 1 aliphatic rings. The van der Waals surface area contributed by atoms with Crippen LogP contribution in [0.1, 0.15) is 59.5 Å². The van der Waals surface area contributed by atoms with Gasteiger partial charge < -0.3 is 18.5 Å². The van der Waals surface area contributed by atoms with Crippen molar-refractivity contribution in [2.45, 2.75) is 39.7 Å². The van der Waals surface area contributed by atoms with Gasteiger partial charge in [0.15, 0.2) is 0 Å². The predicted octanol–water partition coefficient (Wildman–Crippen LogP) is 2.62. The van der Waals surface area contributed by atoms with Crippen molar-refractivity contribution >= 4 is 5.91 Å². The fraction of sp³-hybridized carbons (Fsp3) is 0.562. The summed E-state index contributed by atoms with van der Waals surface area (Å²) < 4.78 is 16.7. The molecule has 1 amide bonds. The Labute approximate surface area is 134 Å². The first kappa shape index (κ1) is 15.7. The number of rotatable bonds is 3. The Bertz CT molecular complexity index is 704. The van der Waals surface area contributed by atoms with E-state index in [2.05, 4.69) is 10.2 Å².